The molecule has 0 aliphatic heterocycles. The highest BCUT2D eigenvalue weighted by molar-refractivity contribution is 7.17. The summed E-state index contributed by atoms with van der Waals surface area (Å²) in [6.07, 6.45) is 3.06. The van der Waals surface area contributed by atoms with Crippen molar-refractivity contribution in [3.63, 3.8) is 0 Å². The van der Waals surface area contributed by atoms with Crippen LogP contribution in [-0.2, 0) is 0 Å². The van der Waals surface area contributed by atoms with Gasteiger partial charge in [-0.15, -0.1) is 11.3 Å². The number of fused-ring (bicyclic) bond motifs is 1. The normalized spacial score (nSPS) is 15.0. The minimum atomic E-state index is 0.475. The fraction of sp³-hybridized carbons (Fsp3) is 0.500. The summed E-state index contributed by atoms with van der Waals surface area (Å²) in [6, 6.07) is 4.78. The Labute approximate surface area is 107 Å². The van der Waals surface area contributed by atoms with Crippen molar-refractivity contribution in [2.24, 2.45) is 0 Å². The zero-order valence-electron chi connectivity index (χ0n) is 10.7. The molecule has 2 unspecified atom stereocenters. The van der Waals surface area contributed by atoms with Gasteiger partial charge in [0, 0.05) is 28.2 Å². The Morgan fingerprint density at radius 2 is 2.18 bits per heavy atom. The highest BCUT2D eigenvalue weighted by Gasteiger charge is 2.20. The van der Waals surface area contributed by atoms with Crippen LogP contribution in [0.2, 0.25) is 0 Å². The maximum atomic E-state index is 4.62. The second-order valence-corrected chi connectivity index (χ2v) is 5.34. The summed E-state index contributed by atoms with van der Waals surface area (Å²) in [5.41, 5.74) is 1.25. The summed E-state index contributed by atoms with van der Waals surface area (Å²) in [5, 5.41) is 7.00. The Morgan fingerprint density at radius 3 is 2.88 bits per heavy atom. The lowest BCUT2D eigenvalue weighted by atomic mass is 9.92. The Hall–Kier alpha value is -0.930. The van der Waals surface area contributed by atoms with E-state index in [-0.39, 0.29) is 0 Å². The van der Waals surface area contributed by atoms with Crippen LogP contribution in [0, 0.1) is 0 Å². The van der Waals surface area contributed by atoms with E-state index in [2.05, 4.69) is 48.6 Å². The lowest BCUT2D eigenvalue weighted by molar-refractivity contribution is 0.455. The molecule has 2 atom stereocenters. The summed E-state index contributed by atoms with van der Waals surface area (Å²) in [4.78, 5) is 4.62. The molecule has 92 valence electrons. The summed E-state index contributed by atoms with van der Waals surface area (Å²) in [6.45, 7) is 7.66. The predicted octanol–water partition coefficient (Wildman–Crippen LogP) is 3.79. The highest BCUT2D eigenvalue weighted by atomic mass is 32.1. The van der Waals surface area contributed by atoms with Crippen molar-refractivity contribution >= 4 is 21.4 Å². The van der Waals surface area contributed by atoms with E-state index in [9.17, 15) is 0 Å². The summed E-state index contributed by atoms with van der Waals surface area (Å²) in [7, 11) is 0. The molecule has 0 aliphatic rings. The van der Waals surface area contributed by atoms with Crippen LogP contribution in [-0.4, -0.2) is 17.6 Å². The maximum absolute atomic E-state index is 4.62. The molecule has 0 fully saturated rings. The molecule has 0 amide bonds. The van der Waals surface area contributed by atoms with E-state index in [0.717, 1.165) is 13.0 Å². The number of hydrogen-bond donors (Lipinski definition) is 1. The van der Waals surface area contributed by atoms with Crippen molar-refractivity contribution < 1.29 is 0 Å². The van der Waals surface area contributed by atoms with E-state index < -0.39 is 0 Å². The number of pyridine rings is 1. The van der Waals surface area contributed by atoms with Gasteiger partial charge in [0.05, 0.1) is 5.69 Å². The van der Waals surface area contributed by atoms with Crippen LogP contribution in [0.15, 0.2) is 23.7 Å². The lowest BCUT2D eigenvalue weighted by Crippen LogP contribution is -2.32. The monoisotopic (exact) mass is 248 g/mol. The van der Waals surface area contributed by atoms with E-state index in [0.29, 0.717) is 12.0 Å². The molecule has 2 rings (SSSR count). The number of nitrogens with one attached hydrogen (secondary N) is 1. The second-order valence-electron chi connectivity index (χ2n) is 4.39. The minimum Gasteiger partial charge on any atom is -0.314 e. The summed E-state index contributed by atoms with van der Waals surface area (Å²) >= 11 is 1.79. The van der Waals surface area contributed by atoms with Crippen LogP contribution in [0.4, 0.5) is 0 Å². The van der Waals surface area contributed by atoms with Crippen LogP contribution in [0.1, 0.15) is 38.8 Å². The first kappa shape index (κ1) is 12.5. The van der Waals surface area contributed by atoms with E-state index in [1.54, 1.807) is 11.3 Å². The van der Waals surface area contributed by atoms with Crippen molar-refractivity contribution in [3.05, 3.63) is 29.4 Å². The van der Waals surface area contributed by atoms with Gasteiger partial charge in [-0.1, -0.05) is 13.8 Å². The van der Waals surface area contributed by atoms with Crippen LogP contribution in [0.5, 0.6) is 0 Å². The van der Waals surface area contributed by atoms with Gasteiger partial charge in [-0.25, -0.2) is 0 Å². The molecule has 0 saturated carbocycles. The Bertz CT molecular complexity index is 478. The smallest absolute Gasteiger partial charge is 0.0536 e. The Balaban J connectivity index is 2.39. The molecular weight excluding hydrogens is 228 g/mol. The topological polar surface area (TPSA) is 24.9 Å². The minimum absolute atomic E-state index is 0.475. The molecule has 2 nitrogen and oxygen atoms in total. The van der Waals surface area contributed by atoms with Gasteiger partial charge in [0.2, 0.25) is 0 Å². The van der Waals surface area contributed by atoms with E-state index in [4.69, 9.17) is 0 Å². The van der Waals surface area contributed by atoms with E-state index in [1.807, 2.05) is 6.20 Å². The SMILES string of the molecule is CCNC(C)C(CC)c1nccc2sccc12. The number of hydrogen-bond acceptors (Lipinski definition) is 3. The van der Waals surface area contributed by atoms with E-state index >= 15 is 0 Å². The molecule has 2 heterocycles. The van der Waals surface area contributed by atoms with Crippen molar-refractivity contribution in [2.45, 2.75) is 39.2 Å². The molecule has 0 spiro atoms. The Morgan fingerprint density at radius 1 is 1.35 bits per heavy atom. The van der Waals surface area contributed by atoms with Gasteiger partial charge in [-0.3, -0.25) is 4.98 Å². The third-order valence-electron chi connectivity index (χ3n) is 3.33. The summed E-state index contributed by atoms with van der Waals surface area (Å²) < 4.78 is 1.34. The van der Waals surface area contributed by atoms with Crippen molar-refractivity contribution in [1.82, 2.24) is 10.3 Å². The van der Waals surface area contributed by atoms with Gasteiger partial charge in [-0.2, -0.15) is 0 Å². The molecule has 17 heavy (non-hydrogen) atoms. The first-order valence-electron chi connectivity index (χ1n) is 6.33. The Kier molecular flexibility index (Phi) is 4.13. The number of thiophene rings is 1. The zero-order chi connectivity index (χ0) is 12.3. The molecule has 0 radical (unpaired) electrons. The van der Waals surface area contributed by atoms with Crippen LogP contribution in [0.3, 0.4) is 0 Å². The number of aromatic nitrogens is 1. The molecule has 3 heteroatoms. The second kappa shape index (κ2) is 5.61. The van der Waals surface area contributed by atoms with Gasteiger partial charge < -0.3 is 5.32 Å². The van der Waals surface area contributed by atoms with Gasteiger partial charge in [-0.05, 0) is 37.4 Å². The molecule has 0 saturated heterocycles. The van der Waals surface area contributed by atoms with E-state index in [1.165, 1.54) is 15.8 Å². The van der Waals surface area contributed by atoms with Gasteiger partial charge >= 0.3 is 0 Å². The highest BCUT2D eigenvalue weighted by Crippen LogP contribution is 2.30. The molecule has 0 bridgehead atoms. The molecule has 2 aromatic rings. The van der Waals surface area contributed by atoms with Gasteiger partial charge in [0.1, 0.15) is 0 Å². The number of likely N-dealkylation sites (N-methyl/N-ethyl adjacent to an activating group) is 1. The summed E-state index contributed by atoms with van der Waals surface area (Å²) in [5.74, 6) is 0.494. The molecule has 0 aromatic carbocycles. The van der Waals surface area contributed by atoms with Crippen molar-refractivity contribution in [3.8, 4) is 0 Å². The number of rotatable bonds is 5. The molecule has 2 aromatic heterocycles. The average molecular weight is 248 g/mol. The predicted molar refractivity (Wildman–Crippen MR) is 75.8 cm³/mol. The van der Waals surface area contributed by atoms with Gasteiger partial charge in [0.25, 0.3) is 0 Å². The third-order valence-corrected chi connectivity index (χ3v) is 4.21. The van der Waals surface area contributed by atoms with Crippen LogP contribution < -0.4 is 5.32 Å². The first-order valence-corrected chi connectivity index (χ1v) is 7.21. The molecule has 0 aliphatic carbocycles. The quantitative estimate of drug-likeness (QED) is 0.871. The number of nitrogens with zero attached hydrogens (tertiary/aromatic N) is 1. The first-order chi connectivity index (χ1) is 8.27. The average Bonchev–Trinajstić information content (AvgIpc) is 2.79. The fourth-order valence-corrected chi connectivity index (χ4v) is 3.25. The van der Waals surface area contributed by atoms with Gasteiger partial charge in [0.15, 0.2) is 0 Å². The standard InChI is InChI=1S/C14H20N2S/c1-4-11(10(3)15-5-2)14-12-7-9-17-13(12)6-8-16-14/h6-11,15H,4-5H2,1-3H3. The van der Waals surface area contributed by atoms with Crippen LogP contribution >= 0.6 is 11.3 Å². The van der Waals surface area contributed by atoms with Crippen molar-refractivity contribution in [1.29, 1.82) is 0 Å². The largest absolute Gasteiger partial charge is 0.314 e. The fourth-order valence-electron chi connectivity index (χ4n) is 2.46. The maximum Gasteiger partial charge on any atom is 0.0536 e. The lowest BCUT2D eigenvalue weighted by Gasteiger charge is -2.23. The molecular formula is C14H20N2S. The third kappa shape index (κ3) is 2.50. The zero-order valence-corrected chi connectivity index (χ0v) is 11.6. The van der Waals surface area contributed by atoms with Crippen LogP contribution in [0.25, 0.3) is 10.1 Å². The molecule has 1 N–H and O–H groups in total. The van der Waals surface area contributed by atoms with Crippen molar-refractivity contribution in [2.75, 3.05) is 6.54 Å².